The molecule has 0 aromatic rings. The van der Waals surface area contributed by atoms with Gasteiger partial charge in [-0.15, -0.1) is 0 Å². The highest BCUT2D eigenvalue weighted by molar-refractivity contribution is 4.82. The molecule has 3 nitrogen and oxygen atoms in total. The van der Waals surface area contributed by atoms with Crippen LogP contribution in [0.4, 0.5) is 0 Å². The van der Waals surface area contributed by atoms with E-state index in [1.165, 1.54) is 32.6 Å². The Morgan fingerprint density at radius 1 is 1.31 bits per heavy atom. The molecule has 0 radical (unpaired) electrons. The lowest BCUT2D eigenvalue weighted by Gasteiger charge is -2.41. The summed E-state index contributed by atoms with van der Waals surface area (Å²) in [6.07, 6.45) is 1.26. The molecule has 2 unspecified atom stereocenters. The molecule has 1 rings (SSSR count). The molecule has 1 heterocycles. The van der Waals surface area contributed by atoms with Crippen LogP contribution in [-0.4, -0.2) is 62.2 Å². The highest BCUT2D eigenvalue weighted by atomic mass is 15.3. The van der Waals surface area contributed by atoms with Crippen molar-refractivity contribution in [2.24, 2.45) is 5.92 Å². The van der Waals surface area contributed by atoms with Crippen molar-refractivity contribution in [3.05, 3.63) is 0 Å². The predicted octanol–water partition coefficient (Wildman–Crippen LogP) is 1.26. The molecule has 0 aliphatic carbocycles. The van der Waals surface area contributed by atoms with Gasteiger partial charge in [-0.3, -0.25) is 4.90 Å². The molecule has 2 atom stereocenters. The fourth-order valence-corrected chi connectivity index (χ4v) is 2.53. The Kier molecular flexibility index (Phi) is 5.73. The largest absolute Gasteiger partial charge is 0.315 e. The summed E-state index contributed by atoms with van der Waals surface area (Å²) >= 11 is 0. The summed E-state index contributed by atoms with van der Waals surface area (Å²) in [5.74, 6) is 0.713. The Bertz CT molecular complexity index is 194. The van der Waals surface area contributed by atoms with E-state index in [9.17, 15) is 0 Å². The third-order valence-corrected chi connectivity index (χ3v) is 3.96. The van der Waals surface area contributed by atoms with Crippen molar-refractivity contribution in [1.29, 1.82) is 0 Å². The summed E-state index contributed by atoms with van der Waals surface area (Å²) in [6, 6.07) is 1.37. The Balaban J connectivity index is 2.43. The fraction of sp³-hybridized carbons (Fsp3) is 1.00. The van der Waals surface area contributed by atoms with E-state index in [4.69, 9.17) is 0 Å². The number of nitrogens with one attached hydrogen (secondary N) is 1. The summed E-state index contributed by atoms with van der Waals surface area (Å²) in [6.45, 7) is 11.8. The Morgan fingerprint density at radius 2 is 2.00 bits per heavy atom. The maximum absolute atomic E-state index is 3.44. The summed E-state index contributed by atoms with van der Waals surface area (Å²) in [7, 11) is 4.33. The van der Waals surface area contributed by atoms with Crippen LogP contribution in [0.1, 0.15) is 27.2 Å². The topological polar surface area (TPSA) is 18.5 Å². The predicted molar refractivity (Wildman–Crippen MR) is 70.8 cm³/mol. The van der Waals surface area contributed by atoms with E-state index in [0.29, 0.717) is 12.0 Å². The van der Waals surface area contributed by atoms with Gasteiger partial charge >= 0.3 is 0 Å². The molecule has 1 fully saturated rings. The second-order valence-corrected chi connectivity index (χ2v) is 5.44. The van der Waals surface area contributed by atoms with Gasteiger partial charge in [-0.2, -0.15) is 0 Å². The van der Waals surface area contributed by atoms with Crippen LogP contribution in [0, 0.1) is 5.92 Å². The summed E-state index contributed by atoms with van der Waals surface area (Å²) in [4.78, 5) is 5.12. The molecule has 1 aliphatic heterocycles. The average Bonchev–Trinajstić information content (AvgIpc) is 2.27. The zero-order chi connectivity index (χ0) is 12.1. The van der Waals surface area contributed by atoms with E-state index in [1.54, 1.807) is 0 Å². The van der Waals surface area contributed by atoms with Crippen LogP contribution in [0.5, 0.6) is 0 Å². The molecule has 0 bridgehead atoms. The molecule has 1 saturated heterocycles. The van der Waals surface area contributed by atoms with Gasteiger partial charge in [0.15, 0.2) is 0 Å². The molecule has 0 saturated carbocycles. The second kappa shape index (κ2) is 6.58. The van der Waals surface area contributed by atoms with Crippen molar-refractivity contribution in [3.8, 4) is 0 Å². The summed E-state index contributed by atoms with van der Waals surface area (Å²) in [5.41, 5.74) is 0. The van der Waals surface area contributed by atoms with Crippen molar-refractivity contribution in [2.45, 2.75) is 39.3 Å². The first-order chi connectivity index (χ1) is 7.58. The standard InChI is InChI=1S/C13H29N3/c1-6-12-9-16(8-7-15(12)5)10-13(14-4)11(2)3/h11-14H,6-10H2,1-5H3. The molecule has 3 heteroatoms. The highest BCUT2D eigenvalue weighted by Crippen LogP contribution is 2.12. The first-order valence-electron chi connectivity index (χ1n) is 6.68. The number of hydrogen-bond acceptors (Lipinski definition) is 3. The van der Waals surface area contributed by atoms with Gasteiger partial charge in [-0.05, 0) is 26.4 Å². The van der Waals surface area contributed by atoms with E-state index in [0.717, 1.165) is 6.04 Å². The van der Waals surface area contributed by atoms with Crippen LogP contribution in [-0.2, 0) is 0 Å². The molecule has 16 heavy (non-hydrogen) atoms. The van der Waals surface area contributed by atoms with Crippen LogP contribution in [0.25, 0.3) is 0 Å². The van der Waals surface area contributed by atoms with Gasteiger partial charge in [0.05, 0.1) is 0 Å². The van der Waals surface area contributed by atoms with Gasteiger partial charge in [0, 0.05) is 38.3 Å². The van der Waals surface area contributed by atoms with Gasteiger partial charge < -0.3 is 10.2 Å². The van der Waals surface area contributed by atoms with E-state index in [1.807, 2.05) is 0 Å². The molecule has 0 aromatic heterocycles. The summed E-state index contributed by atoms with van der Waals surface area (Å²) < 4.78 is 0. The van der Waals surface area contributed by atoms with Crippen LogP contribution in [0.15, 0.2) is 0 Å². The SMILES string of the molecule is CCC1CN(CC(NC)C(C)C)CCN1C. The van der Waals surface area contributed by atoms with Gasteiger partial charge in [-0.25, -0.2) is 0 Å². The maximum atomic E-state index is 3.44. The number of likely N-dealkylation sites (N-methyl/N-ethyl adjacent to an activating group) is 2. The smallest absolute Gasteiger partial charge is 0.0218 e. The average molecular weight is 227 g/mol. The lowest BCUT2D eigenvalue weighted by molar-refractivity contribution is 0.0822. The van der Waals surface area contributed by atoms with E-state index >= 15 is 0 Å². The molecule has 0 aromatic carbocycles. The minimum absolute atomic E-state index is 0.626. The van der Waals surface area contributed by atoms with Crippen LogP contribution in [0.2, 0.25) is 0 Å². The third-order valence-electron chi connectivity index (χ3n) is 3.96. The van der Waals surface area contributed by atoms with Crippen molar-refractivity contribution in [3.63, 3.8) is 0 Å². The van der Waals surface area contributed by atoms with E-state index in [2.05, 4.69) is 50.0 Å². The molecular formula is C13H29N3. The first kappa shape index (κ1) is 13.9. The number of hydrogen-bond donors (Lipinski definition) is 1. The minimum atomic E-state index is 0.626. The zero-order valence-electron chi connectivity index (χ0n) is 11.7. The highest BCUT2D eigenvalue weighted by Gasteiger charge is 2.24. The van der Waals surface area contributed by atoms with Crippen LogP contribution < -0.4 is 5.32 Å². The van der Waals surface area contributed by atoms with Crippen molar-refractivity contribution >= 4 is 0 Å². The van der Waals surface area contributed by atoms with Gasteiger partial charge in [0.2, 0.25) is 0 Å². The summed E-state index contributed by atoms with van der Waals surface area (Å²) in [5, 5.41) is 3.44. The Hall–Kier alpha value is -0.120. The van der Waals surface area contributed by atoms with Gasteiger partial charge in [0.25, 0.3) is 0 Å². The monoisotopic (exact) mass is 227 g/mol. The van der Waals surface area contributed by atoms with Gasteiger partial charge in [-0.1, -0.05) is 20.8 Å². The number of nitrogens with zero attached hydrogens (tertiary/aromatic N) is 2. The maximum Gasteiger partial charge on any atom is 0.0218 e. The Labute approximate surface area is 101 Å². The van der Waals surface area contributed by atoms with Crippen molar-refractivity contribution in [2.75, 3.05) is 40.3 Å². The zero-order valence-corrected chi connectivity index (χ0v) is 11.7. The molecule has 1 N–H and O–H groups in total. The molecule has 96 valence electrons. The van der Waals surface area contributed by atoms with Gasteiger partial charge in [0.1, 0.15) is 0 Å². The molecule has 0 spiro atoms. The molecule has 1 aliphatic rings. The van der Waals surface area contributed by atoms with Crippen molar-refractivity contribution < 1.29 is 0 Å². The quantitative estimate of drug-likeness (QED) is 0.763. The molecular weight excluding hydrogens is 198 g/mol. The van der Waals surface area contributed by atoms with Crippen LogP contribution in [0.3, 0.4) is 0 Å². The third kappa shape index (κ3) is 3.72. The van der Waals surface area contributed by atoms with Crippen molar-refractivity contribution in [1.82, 2.24) is 15.1 Å². The normalized spacial score (nSPS) is 26.2. The van der Waals surface area contributed by atoms with E-state index < -0.39 is 0 Å². The Morgan fingerprint density at radius 3 is 2.50 bits per heavy atom. The number of piperazine rings is 1. The second-order valence-electron chi connectivity index (χ2n) is 5.44. The number of rotatable bonds is 5. The lowest BCUT2D eigenvalue weighted by Crippen LogP contribution is -2.54. The fourth-order valence-electron chi connectivity index (χ4n) is 2.53. The first-order valence-corrected chi connectivity index (χ1v) is 6.68. The van der Waals surface area contributed by atoms with E-state index in [-0.39, 0.29) is 0 Å². The molecule has 0 amide bonds. The minimum Gasteiger partial charge on any atom is -0.315 e. The van der Waals surface area contributed by atoms with Crippen LogP contribution >= 0.6 is 0 Å². The lowest BCUT2D eigenvalue weighted by atomic mass is 10.0.